The van der Waals surface area contributed by atoms with Gasteiger partial charge in [0.2, 0.25) is 0 Å². The van der Waals surface area contributed by atoms with Crippen LogP contribution in [0.3, 0.4) is 0 Å². The molecule has 0 aliphatic heterocycles. The minimum Gasteiger partial charge on any atom is -0.294 e. The van der Waals surface area contributed by atoms with E-state index in [1.54, 1.807) is 11.3 Å². The Morgan fingerprint density at radius 3 is 2.78 bits per heavy atom. The molecule has 3 aromatic heterocycles. The lowest BCUT2D eigenvalue weighted by Crippen LogP contribution is -2.20. The van der Waals surface area contributed by atoms with Crippen LogP contribution in [0.15, 0.2) is 23.7 Å². The van der Waals surface area contributed by atoms with Crippen LogP contribution in [0.2, 0.25) is 0 Å². The van der Waals surface area contributed by atoms with Gasteiger partial charge in [-0.2, -0.15) is 18.2 Å². The zero-order chi connectivity index (χ0) is 16.2. The molecule has 23 heavy (non-hydrogen) atoms. The van der Waals surface area contributed by atoms with E-state index in [0.29, 0.717) is 24.1 Å². The van der Waals surface area contributed by atoms with Crippen LogP contribution in [0.1, 0.15) is 39.1 Å². The van der Waals surface area contributed by atoms with E-state index >= 15 is 0 Å². The zero-order valence-electron chi connectivity index (χ0n) is 11.5. The van der Waals surface area contributed by atoms with Gasteiger partial charge in [-0.05, 0) is 17.9 Å². The van der Waals surface area contributed by atoms with Crippen molar-refractivity contribution in [3.63, 3.8) is 0 Å². The third-order valence-electron chi connectivity index (χ3n) is 3.78. The van der Waals surface area contributed by atoms with Gasteiger partial charge in [0.05, 0.1) is 11.3 Å². The monoisotopic (exact) mass is 338 g/mol. The second-order valence-corrected chi connectivity index (χ2v) is 6.30. The number of alkyl halides is 3. The van der Waals surface area contributed by atoms with E-state index in [0.717, 1.165) is 9.39 Å². The first-order valence-corrected chi connectivity index (χ1v) is 7.70. The summed E-state index contributed by atoms with van der Waals surface area (Å²) in [4.78, 5) is 20.9. The first-order chi connectivity index (χ1) is 10.9. The average Bonchev–Trinajstić information content (AvgIpc) is 3.13. The smallest absolute Gasteiger partial charge is 0.294 e. The van der Waals surface area contributed by atoms with Crippen LogP contribution in [0, 0.1) is 0 Å². The summed E-state index contributed by atoms with van der Waals surface area (Å²) in [6.45, 7) is 0. The Bertz CT molecular complexity index is 901. The number of carbonyl (C=O) groups is 1. The highest BCUT2D eigenvalue weighted by Gasteiger charge is 2.37. The Kier molecular flexibility index (Phi) is 3.02. The lowest BCUT2D eigenvalue weighted by Gasteiger charge is -2.21. The number of carbonyl (C=O) groups excluding carboxylic acids is 1. The molecule has 1 aliphatic carbocycles. The Morgan fingerprint density at radius 2 is 2.09 bits per heavy atom. The highest BCUT2D eigenvalue weighted by Crippen LogP contribution is 2.34. The maximum Gasteiger partial charge on any atom is 0.453 e. The molecule has 118 valence electrons. The molecule has 0 fully saturated rings. The van der Waals surface area contributed by atoms with E-state index < -0.39 is 12.0 Å². The molecule has 3 aromatic rings. The van der Waals surface area contributed by atoms with Gasteiger partial charge in [-0.25, -0.2) is 9.50 Å². The van der Waals surface area contributed by atoms with Gasteiger partial charge in [-0.1, -0.05) is 6.07 Å². The van der Waals surface area contributed by atoms with Crippen molar-refractivity contribution >= 4 is 22.9 Å². The van der Waals surface area contributed by atoms with Crippen LogP contribution >= 0.6 is 11.3 Å². The van der Waals surface area contributed by atoms with E-state index in [2.05, 4.69) is 15.1 Å². The second kappa shape index (κ2) is 4.85. The van der Waals surface area contributed by atoms with E-state index in [9.17, 15) is 18.0 Å². The number of ketones is 1. The van der Waals surface area contributed by atoms with Gasteiger partial charge in [0.25, 0.3) is 11.6 Å². The summed E-state index contributed by atoms with van der Waals surface area (Å²) in [5.74, 6) is -1.52. The summed E-state index contributed by atoms with van der Waals surface area (Å²) in [6, 6.07) is 3.86. The number of rotatable bonds is 1. The maximum absolute atomic E-state index is 12.7. The standard InChI is InChI=1S/C14H9F3N4OS/c15-14(16,17)12-19-13-18-9-4-7(11-2-1-3-23-11)5-10(22)8(9)6-21(13)20-12/h1-3,6-7H,4-5H2. The number of halogens is 3. The summed E-state index contributed by atoms with van der Waals surface area (Å²) in [7, 11) is 0. The molecule has 0 saturated heterocycles. The van der Waals surface area contributed by atoms with Crippen molar-refractivity contribution in [2.45, 2.75) is 24.9 Å². The first-order valence-electron chi connectivity index (χ1n) is 6.82. The minimum atomic E-state index is -4.64. The Labute approximate surface area is 131 Å². The number of aromatic nitrogens is 4. The zero-order valence-corrected chi connectivity index (χ0v) is 12.4. The molecule has 0 bridgehead atoms. The van der Waals surface area contributed by atoms with Crippen molar-refractivity contribution < 1.29 is 18.0 Å². The molecule has 1 atom stereocenters. The lowest BCUT2D eigenvalue weighted by atomic mass is 9.86. The van der Waals surface area contributed by atoms with Crippen molar-refractivity contribution in [1.29, 1.82) is 0 Å². The van der Waals surface area contributed by atoms with Crippen LogP contribution in [0.5, 0.6) is 0 Å². The second-order valence-electron chi connectivity index (χ2n) is 5.32. The molecule has 1 aliphatic rings. The number of thiophene rings is 1. The molecular formula is C14H9F3N4OS. The van der Waals surface area contributed by atoms with Crippen molar-refractivity contribution in [3.05, 3.63) is 45.7 Å². The summed E-state index contributed by atoms with van der Waals surface area (Å²) in [5.41, 5.74) is 0.803. The Morgan fingerprint density at radius 1 is 1.26 bits per heavy atom. The predicted octanol–water partition coefficient (Wildman–Crippen LogP) is 3.12. The largest absolute Gasteiger partial charge is 0.453 e. The van der Waals surface area contributed by atoms with Crippen molar-refractivity contribution in [1.82, 2.24) is 19.6 Å². The maximum atomic E-state index is 12.7. The van der Waals surface area contributed by atoms with Crippen LogP contribution < -0.4 is 0 Å². The molecule has 4 rings (SSSR count). The van der Waals surface area contributed by atoms with Gasteiger partial charge in [-0.15, -0.1) is 16.4 Å². The number of hydrogen-bond donors (Lipinski definition) is 0. The van der Waals surface area contributed by atoms with Gasteiger partial charge in [-0.3, -0.25) is 4.79 Å². The topological polar surface area (TPSA) is 60.2 Å². The molecule has 9 heteroatoms. The van der Waals surface area contributed by atoms with E-state index in [-0.39, 0.29) is 17.5 Å². The molecule has 3 heterocycles. The molecule has 0 saturated carbocycles. The molecular weight excluding hydrogens is 329 g/mol. The van der Waals surface area contributed by atoms with E-state index in [1.165, 1.54) is 6.20 Å². The fourth-order valence-electron chi connectivity index (χ4n) is 2.73. The van der Waals surface area contributed by atoms with E-state index in [4.69, 9.17) is 0 Å². The van der Waals surface area contributed by atoms with Crippen LogP contribution in [0.4, 0.5) is 13.2 Å². The molecule has 5 nitrogen and oxygen atoms in total. The van der Waals surface area contributed by atoms with Crippen LogP contribution in [-0.2, 0) is 12.6 Å². The third-order valence-corrected chi connectivity index (χ3v) is 4.82. The predicted molar refractivity (Wildman–Crippen MR) is 75.5 cm³/mol. The molecule has 1 unspecified atom stereocenters. The van der Waals surface area contributed by atoms with Crippen LogP contribution in [-0.4, -0.2) is 25.4 Å². The molecule has 0 amide bonds. The lowest BCUT2D eigenvalue weighted by molar-refractivity contribution is -0.144. The number of nitrogens with zero attached hydrogens (tertiary/aromatic N) is 4. The number of fused-ring (bicyclic) bond motifs is 2. The van der Waals surface area contributed by atoms with Crippen molar-refractivity contribution in [2.75, 3.05) is 0 Å². The van der Waals surface area contributed by atoms with Gasteiger partial charge in [0.15, 0.2) is 5.78 Å². The summed E-state index contributed by atoms with van der Waals surface area (Å²) in [6.07, 6.45) is -2.52. The molecule has 0 aromatic carbocycles. The molecule has 0 N–H and O–H groups in total. The quantitative estimate of drug-likeness (QED) is 0.684. The number of Topliss-reactive ketones (excluding diaryl/α,β-unsaturated/α-hetero) is 1. The summed E-state index contributed by atoms with van der Waals surface area (Å²) in [5, 5.41) is 5.29. The van der Waals surface area contributed by atoms with Crippen molar-refractivity contribution in [2.24, 2.45) is 0 Å². The SMILES string of the molecule is O=C1CC(c2cccs2)Cc2nc3nc(C(F)(F)F)nn3cc21. The van der Waals surface area contributed by atoms with Gasteiger partial charge >= 0.3 is 6.18 Å². The Balaban J connectivity index is 1.79. The average molecular weight is 338 g/mol. The third kappa shape index (κ3) is 2.40. The fraction of sp³-hybridized carbons (Fsp3) is 0.286. The highest BCUT2D eigenvalue weighted by atomic mass is 32.1. The van der Waals surface area contributed by atoms with Crippen molar-refractivity contribution in [3.8, 4) is 0 Å². The minimum absolute atomic E-state index is 0.00922. The van der Waals surface area contributed by atoms with Gasteiger partial charge < -0.3 is 0 Å². The normalized spacial score (nSPS) is 18.4. The fourth-order valence-corrected chi connectivity index (χ4v) is 3.56. The molecule has 0 radical (unpaired) electrons. The Hall–Kier alpha value is -2.29. The summed E-state index contributed by atoms with van der Waals surface area (Å²) < 4.78 is 39.0. The highest BCUT2D eigenvalue weighted by molar-refractivity contribution is 7.10. The van der Waals surface area contributed by atoms with E-state index in [1.807, 2.05) is 17.5 Å². The van der Waals surface area contributed by atoms with Gasteiger partial charge in [0.1, 0.15) is 0 Å². The first kappa shape index (κ1) is 14.3. The van der Waals surface area contributed by atoms with Crippen LogP contribution in [0.25, 0.3) is 5.78 Å². The summed E-state index contributed by atoms with van der Waals surface area (Å²) >= 11 is 1.56. The number of hydrogen-bond acceptors (Lipinski definition) is 5. The van der Waals surface area contributed by atoms with Gasteiger partial charge in [0, 0.05) is 23.4 Å². The molecule has 0 spiro atoms.